The normalized spacial score (nSPS) is 13.5. The van der Waals surface area contributed by atoms with Gasteiger partial charge in [0.05, 0.1) is 0 Å². The Labute approximate surface area is 129 Å². The van der Waals surface area contributed by atoms with Crippen LogP contribution < -0.4 is 5.32 Å². The lowest BCUT2D eigenvalue weighted by Gasteiger charge is -2.22. The Morgan fingerprint density at radius 3 is 2.38 bits per heavy atom. The topological polar surface area (TPSA) is 49.3 Å². The monoisotopic (exact) mass is 301 g/mol. The number of benzene rings is 2. The predicted octanol–water partition coefficient (Wildman–Crippen LogP) is 3.48. The molecule has 0 aromatic heterocycles. The highest BCUT2D eigenvalue weighted by molar-refractivity contribution is 7.99. The number of nitrogens with one attached hydrogen (secondary N) is 1. The first kappa shape index (κ1) is 15.6. The maximum absolute atomic E-state index is 12.1. The van der Waals surface area contributed by atoms with Crippen LogP contribution in [0, 0.1) is 6.92 Å². The van der Waals surface area contributed by atoms with Gasteiger partial charge < -0.3 is 10.4 Å². The van der Waals surface area contributed by atoms with Crippen LogP contribution in [0.1, 0.15) is 12.5 Å². The van der Waals surface area contributed by atoms with Crippen molar-refractivity contribution in [2.75, 3.05) is 11.1 Å². The average Bonchev–Trinajstić information content (AvgIpc) is 2.48. The van der Waals surface area contributed by atoms with E-state index < -0.39 is 11.5 Å². The summed E-state index contributed by atoms with van der Waals surface area (Å²) in [5, 5.41) is 13.1. The van der Waals surface area contributed by atoms with Gasteiger partial charge in [-0.2, -0.15) is 0 Å². The Morgan fingerprint density at radius 2 is 1.76 bits per heavy atom. The van der Waals surface area contributed by atoms with Crippen molar-refractivity contribution >= 4 is 23.4 Å². The van der Waals surface area contributed by atoms with Crippen molar-refractivity contribution < 1.29 is 9.90 Å². The highest BCUT2D eigenvalue weighted by Crippen LogP contribution is 2.24. The van der Waals surface area contributed by atoms with Gasteiger partial charge >= 0.3 is 0 Å². The van der Waals surface area contributed by atoms with Crippen LogP contribution in [0.15, 0.2) is 59.5 Å². The molecule has 2 aromatic carbocycles. The lowest BCUT2D eigenvalue weighted by atomic mass is 10.1. The quantitative estimate of drug-likeness (QED) is 0.831. The minimum atomic E-state index is -1.43. The molecule has 4 heteroatoms. The fourth-order valence-electron chi connectivity index (χ4n) is 1.71. The van der Waals surface area contributed by atoms with Crippen molar-refractivity contribution in [2.24, 2.45) is 0 Å². The second kappa shape index (κ2) is 6.78. The van der Waals surface area contributed by atoms with E-state index in [2.05, 4.69) is 5.32 Å². The van der Waals surface area contributed by atoms with Crippen LogP contribution in [-0.2, 0) is 4.79 Å². The second-order valence-electron chi connectivity index (χ2n) is 5.20. The zero-order valence-corrected chi connectivity index (χ0v) is 13.0. The zero-order chi connectivity index (χ0) is 15.3. The van der Waals surface area contributed by atoms with Crippen LogP contribution in [0.3, 0.4) is 0 Å². The SMILES string of the molecule is Cc1ccc(SC[C@@](C)(O)C(=O)Nc2ccccc2)cc1. The number of hydrogen-bond acceptors (Lipinski definition) is 3. The summed E-state index contributed by atoms with van der Waals surface area (Å²) in [6.45, 7) is 3.56. The van der Waals surface area contributed by atoms with Gasteiger partial charge in [-0.3, -0.25) is 4.79 Å². The number of para-hydroxylation sites is 1. The molecular formula is C17H19NO2S. The van der Waals surface area contributed by atoms with Crippen LogP contribution in [-0.4, -0.2) is 22.4 Å². The molecule has 0 saturated carbocycles. The predicted molar refractivity (Wildman–Crippen MR) is 87.6 cm³/mol. The molecule has 3 nitrogen and oxygen atoms in total. The lowest BCUT2D eigenvalue weighted by molar-refractivity contribution is -0.130. The molecule has 2 N–H and O–H groups in total. The fraction of sp³-hybridized carbons (Fsp3) is 0.235. The zero-order valence-electron chi connectivity index (χ0n) is 12.2. The molecule has 110 valence electrons. The molecule has 0 saturated heterocycles. The minimum absolute atomic E-state index is 0.300. The van der Waals surface area contributed by atoms with Crippen LogP contribution in [0.4, 0.5) is 5.69 Å². The first-order valence-electron chi connectivity index (χ1n) is 6.76. The summed E-state index contributed by atoms with van der Waals surface area (Å²) in [7, 11) is 0. The molecule has 0 aliphatic carbocycles. The van der Waals surface area contributed by atoms with E-state index in [1.807, 2.05) is 49.4 Å². The molecule has 2 rings (SSSR count). The minimum Gasteiger partial charge on any atom is -0.379 e. The van der Waals surface area contributed by atoms with Crippen LogP contribution in [0.25, 0.3) is 0 Å². The molecule has 0 bridgehead atoms. The third kappa shape index (κ3) is 4.62. The van der Waals surface area contributed by atoms with Crippen LogP contribution in [0.2, 0.25) is 0 Å². The number of aliphatic hydroxyl groups is 1. The van der Waals surface area contributed by atoms with Gasteiger partial charge in [-0.15, -0.1) is 11.8 Å². The molecule has 0 unspecified atom stereocenters. The summed E-state index contributed by atoms with van der Waals surface area (Å²) < 4.78 is 0. The first-order chi connectivity index (χ1) is 9.97. The van der Waals surface area contributed by atoms with Crippen LogP contribution >= 0.6 is 11.8 Å². The summed E-state index contributed by atoms with van der Waals surface area (Å²) in [5.74, 6) is -0.0948. The van der Waals surface area contributed by atoms with E-state index in [-0.39, 0.29) is 0 Å². The maximum atomic E-state index is 12.1. The Morgan fingerprint density at radius 1 is 1.14 bits per heavy atom. The number of aryl methyl sites for hydroxylation is 1. The molecular weight excluding hydrogens is 282 g/mol. The Hall–Kier alpha value is -1.78. The Kier molecular flexibility index (Phi) is 5.04. The molecule has 1 amide bonds. The van der Waals surface area contributed by atoms with Gasteiger partial charge in [-0.05, 0) is 38.1 Å². The lowest BCUT2D eigenvalue weighted by Crippen LogP contribution is -2.42. The van der Waals surface area contributed by atoms with Crippen molar-refractivity contribution in [1.29, 1.82) is 0 Å². The van der Waals surface area contributed by atoms with Crippen molar-refractivity contribution in [3.05, 3.63) is 60.2 Å². The van der Waals surface area contributed by atoms with E-state index in [1.165, 1.54) is 24.2 Å². The average molecular weight is 301 g/mol. The van der Waals surface area contributed by atoms with E-state index in [1.54, 1.807) is 12.1 Å². The molecule has 0 spiro atoms. The summed E-state index contributed by atoms with van der Waals surface area (Å²) in [6, 6.07) is 17.2. The van der Waals surface area contributed by atoms with E-state index in [0.717, 1.165) is 4.90 Å². The van der Waals surface area contributed by atoms with Crippen molar-refractivity contribution in [3.8, 4) is 0 Å². The van der Waals surface area contributed by atoms with Gasteiger partial charge in [0.25, 0.3) is 5.91 Å². The summed E-state index contributed by atoms with van der Waals surface area (Å²) in [5.41, 5.74) is 0.446. The molecule has 1 atom stereocenters. The van der Waals surface area contributed by atoms with Crippen LogP contribution in [0.5, 0.6) is 0 Å². The summed E-state index contributed by atoms with van der Waals surface area (Å²) in [6.07, 6.45) is 0. The number of rotatable bonds is 5. The van der Waals surface area contributed by atoms with Gasteiger partial charge in [-0.25, -0.2) is 0 Å². The summed E-state index contributed by atoms with van der Waals surface area (Å²) >= 11 is 1.46. The van der Waals surface area contributed by atoms with Gasteiger partial charge in [0.1, 0.15) is 5.60 Å². The van der Waals surface area contributed by atoms with Gasteiger partial charge in [0.15, 0.2) is 0 Å². The molecule has 0 aliphatic heterocycles. The molecule has 0 radical (unpaired) electrons. The van der Waals surface area contributed by atoms with E-state index in [9.17, 15) is 9.90 Å². The molecule has 0 fully saturated rings. The standard InChI is InChI=1S/C17H19NO2S/c1-13-8-10-15(11-9-13)21-12-17(2,20)16(19)18-14-6-4-3-5-7-14/h3-11,20H,12H2,1-2H3,(H,18,19)/t17-/m1/s1. The van der Waals surface area contributed by atoms with Crippen molar-refractivity contribution in [1.82, 2.24) is 0 Å². The van der Waals surface area contributed by atoms with Gasteiger partial charge in [0.2, 0.25) is 0 Å². The second-order valence-corrected chi connectivity index (χ2v) is 6.24. The first-order valence-corrected chi connectivity index (χ1v) is 7.74. The molecule has 0 heterocycles. The number of amides is 1. The van der Waals surface area contributed by atoms with E-state index >= 15 is 0 Å². The van der Waals surface area contributed by atoms with E-state index in [4.69, 9.17) is 0 Å². The molecule has 2 aromatic rings. The number of hydrogen-bond donors (Lipinski definition) is 2. The van der Waals surface area contributed by atoms with Gasteiger partial charge in [0, 0.05) is 16.3 Å². The Balaban J connectivity index is 1.94. The smallest absolute Gasteiger partial charge is 0.256 e. The van der Waals surface area contributed by atoms with Crippen molar-refractivity contribution in [2.45, 2.75) is 24.3 Å². The highest BCUT2D eigenvalue weighted by atomic mass is 32.2. The summed E-state index contributed by atoms with van der Waals surface area (Å²) in [4.78, 5) is 13.2. The largest absolute Gasteiger partial charge is 0.379 e. The fourth-order valence-corrected chi connectivity index (χ4v) is 2.62. The third-order valence-electron chi connectivity index (χ3n) is 3.06. The number of carbonyl (C=O) groups is 1. The van der Waals surface area contributed by atoms with E-state index in [0.29, 0.717) is 11.4 Å². The number of thioether (sulfide) groups is 1. The Bertz CT molecular complexity index is 594. The third-order valence-corrected chi connectivity index (χ3v) is 4.37. The maximum Gasteiger partial charge on any atom is 0.256 e. The molecule has 21 heavy (non-hydrogen) atoms. The van der Waals surface area contributed by atoms with Crippen molar-refractivity contribution in [3.63, 3.8) is 0 Å². The highest BCUT2D eigenvalue weighted by Gasteiger charge is 2.30. The molecule has 0 aliphatic rings. The van der Waals surface area contributed by atoms with Gasteiger partial charge in [-0.1, -0.05) is 35.9 Å². The number of anilines is 1. The number of carbonyl (C=O) groups excluding carboxylic acids is 1.